The summed E-state index contributed by atoms with van der Waals surface area (Å²) < 4.78 is 78.3. The van der Waals surface area contributed by atoms with E-state index in [1.165, 1.54) is 7.11 Å². The Morgan fingerprint density at radius 2 is 1.79 bits per heavy atom. The summed E-state index contributed by atoms with van der Waals surface area (Å²) in [5, 5.41) is 9.32. The number of carboxylic acid groups (broad SMARTS) is 1. The predicted octanol–water partition coefficient (Wildman–Crippen LogP) is 6.76. The summed E-state index contributed by atoms with van der Waals surface area (Å²) >= 11 is 0. The van der Waals surface area contributed by atoms with Crippen molar-refractivity contribution in [3.05, 3.63) is 47.7 Å². The van der Waals surface area contributed by atoms with Crippen LogP contribution < -0.4 is 14.4 Å². The smallest absolute Gasteiger partial charge is 0.454 e. The number of aromatic nitrogens is 1. The van der Waals surface area contributed by atoms with E-state index in [2.05, 4.69) is 9.88 Å². The van der Waals surface area contributed by atoms with Gasteiger partial charge < -0.3 is 19.5 Å². The topological polar surface area (TPSA) is 75.1 Å². The van der Waals surface area contributed by atoms with Gasteiger partial charge in [0.05, 0.1) is 26.7 Å². The number of nitrogens with zero attached hydrogens (tertiary/aromatic N) is 3. The lowest BCUT2D eigenvalue weighted by atomic mass is 9.92. The first kappa shape index (κ1) is 32.8. The number of hydrogen-bond acceptors (Lipinski definition) is 6. The minimum atomic E-state index is -5.62. The molecule has 2 fully saturated rings. The van der Waals surface area contributed by atoms with Crippen molar-refractivity contribution in [2.45, 2.75) is 76.6 Å². The molecule has 1 atom stereocenters. The highest BCUT2D eigenvalue weighted by molar-refractivity contribution is 5.68. The molecule has 1 aromatic heterocycles. The van der Waals surface area contributed by atoms with Gasteiger partial charge in [-0.05, 0) is 80.5 Å². The van der Waals surface area contributed by atoms with Gasteiger partial charge >= 0.3 is 18.1 Å². The molecule has 1 aliphatic heterocycles. The molecular weight excluding hydrogens is 573 g/mol. The minimum Gasteiger partial charge on any atom is -0.497 e. The van der Waals surface area contributed by atoms with Crippen LogP contribution in [-0.2, 0) is 11.3 Å². The van der Waals surface area contributed by atoms with Crippen molar-refractivity contribution in [2.75, 3.05) is 38.3 Å². The number of piperidine rings is 1. The van der Waals surface area contributed by atoms with E-state index in [-0.39, 0.29) is 24.8 Å². The second-order valence-corrected chi connectivity index (χ2v) is 11.9. The third-order valence-electron chi connectivity index (χ3n) is 8.41. The molecule has 2 heterocycles. The third kappa shape index (κ3) is 8.70. The van der Waals surface area contributed by atoms with Crippen molar-refractivity contribution in [1.82, 2.24) is 9.88 Å². The van der Waals surface area contributed by atoms with Gasteiger partial charge in [-0.1, -0.05) is 6.07 Å². The highest BCUT2D eigenvalue weighted by Crippen LogP contribution is 2.45. The number of hydrogen-bond donors (Lipinski definition) is 1. The number of ether oxygens (including phenoxy) is 2. The van der Waals surface area contributed by atoms with E-state index >= 15 is 0 Å². The zero-order valence-electron chi connectivity index (χ0n) is 24.7. The molecule has 1 aromatic carbocycles. The van der Waals surface area contributed by atoms with Gasteiger partial charge in [-0.15, -0.1) is 0 Å². The molecule has 0 amide bonds. The number of halogens is 5. The molecule has 0 bridgehead atoms. The molecule has 43 heavy (non-hydrogen) atoms. The first-order valence-electron chi connectivity index (χ1n) is 14.7. The molecule has 4 rings (SSSR count). The van der Waals surface area contributed by atoms with Crippen LogP contribution in [0.25, 0.3) is 0 Å². The van der Waals surface area contributed by atoms with Crippen molar-refractivity contribution < 1.29 is 41.3 Å². The maximum atomic E-state index is 14.0. The Morgan fingerprint density at radius 3 is 2.37 bits per heavy atom. The van der Waals surface area contributed by atoms with Crippen LogP contribution in [0.15, 0.2) is 36.5 Å². The minimum absolute atomic E-state index is 0.0468. The predicted molar refractivity (Wildman–Crippen MR) is 152 cm³/mol. The number of pyridine rings is 1. The second-order valence-electron chi connectivity index (χ2n) is 11.9. The Labute approximate surface area is 249 Å². The largest absolute Gasteiger partial charge is 0.497 e. The van der Waals surface area contributed by atoms with Gasteiger partial charge in [-0.25, -0.2) is 4.98 Å². The van der Waals surface area contributed by atoms with Crippen LogP contribution in [0.3, 0.4) is 0 Å². The van der Waals surface area contributed by atoms with Gasteiger partial charge in [0.1, 0.15) is 5.75 Å². The molecule has 1 saturated carbocycles. The number of methoxy groups -OCH3 is 1. The van der Waals surface area contributed by atoms with E-state index in [4.69, 9.17) is 9.47 Å². The van der Waals surface area contributed by atoms with Gasteiger partial charge in [0, 0.05) is 49.7 Å². The first-order chi connectivity index (χ1) is 20.3. The molecule has 1 N–H and O–H groups in total. The molecular formula is C31H40F5N3O4. The first-order valence-corrected chi connectivity index (χ1v) is 14.7. The fraction of sp³-hybridized carbons (Fsp3) is 0.613. The molecule has 0 spiro atoms. The molecule has 2 aromatic rings. The lowest BCUT2D eigenvalue weighted by Gasteiger charge is -2.36. The highest BCUT2D eigenvalue weighted by atomic mass is 19.4. The van der Waals surface area contributed by atoms with Gasteiger partial charge in [0.25, 0.3) is 0 Å². The number of anilines is 1. The van der Waals surface area contributed by atoms with E-state index in [1.54, 1.807) is 38.2 Å². The van der Waals surface area contributed by atoms with E-state index in [0.717, 1.165) is 41.8 Å². The average molecular weight is 614 g/mol. The van der Waals surface area contributed by atoms with E-state index in [0.29, 0.717) is 42.8 Å². The Hall–Kier alpha value is -3.15. The monoisotopic (exact) mass is 613 g/mol. The van der Waals surface area contributed by atoms with Crippen LogP contribution in [0.2, 0.25) is 0 Å². The molecule has 0 radical (unpaired) electrons. The standard InChI is InChI=1S/C31H40F5N3O4/c1-20(2)39(19-30(32,33)31(34,35)36)17-24-6-7-25(42-3)15-27(24)38-12-9-21(10-13-38)18-43-28-14-23(8-11-37-28)26(16-29(40)41)22-4-5-22/h6-8,11,14-15,20-22,26H,4-5,9-10,12-13,16-19H2,1-3H3,(H,40,41). The molecule has 2 aliphatic rings. The van der Waals surface area contributed by atoms with Crippen molar-refractivity contribution in [2.24, 2.45) is 11.8 Å². The lowest BCUT2D eigenvalue weighted by Crippen LogP contribution is -2.48. The number of rotatable bonds is 14. The summed E-state index contributed by atoms with van der Waals surface area (Å²) in [5.74, 6) is -4.05. The molecule has 12 heteroatoms. The quantitative estimate of drug-likeness (QED) is 0.236. The van der Waals surface area contributed by atoms with Crippen molar-refractivity contribution in [1.29, 1.82) is 0 Å². The normalized spacial score (nSPS) is 17.4. The zero-order valence-corrected chi connectivity index (χ0v) is 24.7. The molecule has 1 unspecified atom stereocenters. The van der Waals surface area contributed by atoms with E-state index < -0.39 is 30.7 Å². The number of aliphatic carboxylic acids is 1. The lowest BCUT2D eigenvalue weighted by molar-refractivity contribution is -0.288. The van der Waals surface area contributed by atoms with Crippen LogP contribution in [0.4, 0.5) is 27.6 Å². The summed E-state index contributed by atoms with van der Waals surface area (Å²) in [4.78, 5) is 18.9. The molecule has 7 nitrogen and oxygen atoms in total. The summed E-state index contributed by atoms with van der Waals surface area (Å²) in [6.45, 7) is 3.43. The number of alkyl halides is 5. The Kier molecular flexibility index (Phi) is 10.4. The van der Waals surface area contributed by atoms with Gasteiger partial charge in [-0.3, -0.25) is 9.69 Å². The van der Waals surface area contributed by atoms with Gasteiger partial charge in [0.2, 0.25) is 5.88 Å². The van der Waals surface area contributed by atoms with Crippen molar-refractivity contribution in [3.8, 4) is 11.6 Å². The summed E-state index contributed by atoms with van der Waals surface area (Å²) in [5.41, 5.74) is 2.33. The van der Waals surface area contributed by atoms with E-state index in [1.807, 2.05) is 12.1 Å². The second kappa shape index (κ2) is 13.7. The number of carboxylic acids is 1. The summed E-state index contributed by atoms with van der Waals surface area (Å²) in [7, 11) is 1.52. The zero-order chi connectivity index (χ0) is 31.4. The number of carbonyl (C=O) groups is 1. The Morgan fingerprint density at radius 1 is 1.09 bits per heavy atom. The van der Waals surface area contributed by atoms with Crippen LogP contribution in [0, 0.1) is 11.8 Å². The average Bonchev–Trinajstić information content (AvgIpc) is 3.80. The summed E-state index contributed by atoms with van der Waals surface area (Å²) in [6.07, 6.45) is -0.279. The summed E-state index contributed by atoms with van der Waals surface area (Å²) in [6, 6.07) is 8.37. The highest BCUT2D eigenvalue weighted by Gasteiger charge is 2.58. The van der Waals surface area contributed by atoms with Crippen molar-refractivity contribution in [3.63, 3.8) is 0 Å². The van der Waals surface area contributed by atoms with Crippen LogP contribution >= 0.6 is 0 Å². The SMILES string of the molecule is COc1ccc(CN(CC(F)(F)C(F)(F)F)C(C)C)c(N2CCC(COc3cc(C(CC(=O)O)C4CC4)ccn3)CC2)c1. The van der Waals surface area contributed by atoms with E-state index in [9.17, 15) is 31.9 Å². The van der Waals surface area contributed by atoms with Crippen molar-refractivity contribution >= 4 is 11.7 Å². The molecule has 1 saturated heterocycles. The maximum absolute atomic E-state index is 14.0. The fourth-order valence-corrected chi connectivity index (χ4v) is 5.60. The van der Waals surface area contributed by atoms with Gasteiger partial charge in [-0.2, -0.15) is 22.0 Å². The van der Waals surface area contributed by atoms with Gasteiger partial charge in [0.15, 0.2) is 0 Å². The third-order valence-corrected chi connectivity index (χ3v) is 8.41. The fourth-order valence-electron chi connectivity index (χ4n) is 5.60. The Balaban J connectivity index is 1.39. The maximum Gasteiger partial charge on any atom is 0.454 e. The van der Waals surface area contributed by atoms with Crippen LogP contribution in [0.5, 0.6) is 11.6 Å². The number of benzene rings is 1. The Bertz CT molecular complexity index is 1230. The molecule has 1 aliphatic carbocycles. The van der Waals surface area contributed by atoms with Crippen LogP contribution in [0.1, 0.15) is 63.0 Å². The van der Waals surface area contributed by atoms with Crippen LogP contribution in [-0.4, -0.2) is 72.5 Å². The molecule has 238 valence electrons.